The lowest BCUT2D eigenvalue weighted by molar-refractivity contribution is 0.0602. The number of benzene rings is 2. The Morgan fingerprint density at radius 1 is 1.00 bits per heavy atom. The Hall–Kier alpha value is -3.08. The predicted octanol–water partition coefficient (Wildman–Crippen LogP) is 4.83. The standard InChI is InChI=1S/C23H25NO4/c1-15(28-17-12-10-16(11-13-17)23(2,3)4)21(25)24-14-19(22(26)27-5)18-8-6-7-9-20(18)24/h6-15H,1-5H3. The van der Waals surface area contributed by atoms with E-state index in [9.17, 15) is 9.59 Å². The summed E-state index contributed by atoms with van der Waals surface area (Å²) in [6, 6.07) is 15.0. The van der Waals surface area contributed by atoms with Crippen LogP contribution in [0, 0.1) is 0 Å². The minimum atomic E-state index is -0.721. The second-order valence-corrected chi connectivity index (χ2v) is 7.79. The van der Waals surface area contributed by atoms with Crippen LogP contribution < -0.4 is 4.74 Å². The lowest BCUT2D eigenvalue weighted by atomic mass is 9.87. The summed E-state index contributed by atoms with van der Waals surface area (Å²) >= 11 is 0. The number of rotatable bonds is 4. The van der Waals surface area contributed by atoms with Gasteiger partial charge in [-0.15, -0.1) is 0 Å². The molecule has 1 heterocycles. The second-order valence-electron chi connectivity index (χ2n) is 7.79. The first-order chi connectivity index (χ1) is 13.2. The second kappa shape index (κ2) is 7.50. The van der Waals surface area contributed by atoms with Gasteiger partial charge in [-0.05, 0) is 36.1 Å². The number of para-hydroxylation sites is 1. The number of esters is 1. The molecule has 0 amide bonds. The fourth-order valence-corrected chi connectivity index (χ4v) is 3.12. The number of aromatic nitrogens is 1. The van der Waals surface area contributed by atoms with Crippen LogP contribution in [0.2, 0.25) is 0 Å². The molecule has 0 aliphatic carbocycles. The van der Waals surface area contributed by atoms with Crippen molar-refractivity contribution in [1.29, 1.82) is 0 Å². The van der Waals surface area contributed by atoms with Crippen LogP contribution in [-0.2, 0) is 10.2 Å². The van der Waals surface area contributed by atoms with E-state index in [2.05, 4.69) is 20.8 Å². The van der Waals surface area contributed by atoms with Gasteiger partial charge in [0.05, 0.1) is 18.2 Å². The van der Waals surface area contributed by atoms with E-state index in [0.29, 0.717) is 22.2 Å². The van der Waals surface area contributed by atoms with Gasteiger partial charge in [0, 0.05) is 11.6 Å². The minimum Gasteiger partial charge on any atom is -0.481 e. The monoisotopic (exact) mass is 379 g/mol. The van der Waals surface area contributed by atoms with E-state index in [1.165, 1.54) is 23.4 Å². The van der Waals surface area contributed by atoms with E-state index in [-0.39, 0.29) is 11.3 Å². The quantitative estimate of drug-likeness (QED) is 0.609. The zero-order chi connectivity index (χ0) is 20.5. The normalized spacial score (nSPS) is 12.6. The van der Waals surface area contributed by atoms with E-state index >= 15 is 0 Å². The third kappa shape index (κ3) is 3.79. The van der Waals surface area contributed by atoms with Gasteiger partial charge in [-0.1, -0.05) is 51.1 Å². The third-order valence-electron chi connectivity index (χ3n) is 4.74. The van der Waals surface area contributed by atoms with Crippen molar-refractivity contribution in [3.8, 4) is 5.75 Å². The van der Waals surface area contributed by atoms with E-state index in [1.807, 2.05) is 36.4 Å². The molecule has 5 nitrogen and oxygen atoms in total. The maximum absolute atomic E-state index is 13.0. The molecule has 0 bridgehead atoms. The first-order valence-electron chi connectivity index (χ1n) is 9.22. The van der Waals surface area contributed by atoms with Gasteiger partial charge in [-0.3, -0.25) is 9.36 Å². The molecule has 1 atom stereocenters. The van der Waals surface area contributed by atoms with Crippen LogP contribution in [0.15, 0.2) is 54.7 Å². The van der Waals surface area contributed by atoms with Crippen molar-refractivity contribution in [2.45, 2.75) is 39.2 Å². The van der Waals surface area contributed by atoms with Gasteiger partial charge in [0.1, 0.15) is 5.75 Å². The van der Waals surface area contributed by atoms with E-state index in [4.69, 9.17) is 9.47 Å². The van der Waals surface area contributed by atoms with Crippen molar-refractivity contribution in [1.82, 2.24) is 4.57 Å². The van der Waals surface area contributed by atoms with E-state index in [1.54, 1.807) is 19.1 Å². The molecule has 3 aromatic rings. The molecule has 0 radical (unpaired) electrons. The Morgan fingerprint density at radius 2 is 1.64 bits per heavy atom. The molecule has 2 aromatic carbocycles. The fourth-order valence-electron chi connectivity index (χ4n) is 3.12. The molecule has 0 fully saturated rings. The molecule has 28 heavy (non-hydrogen) atoms. The number of hydrogen-bond acceptors (Lipinski definition) is 4. The average Bonchev–Trinajstić information content (AvgIpc) is 3.06. The highest BCUT2D eigenvalue weighted by molar-refractivity contribution is 6.07. The first-order valence-corrected chi connectivity index (χ1v) is 9.22. The highest BCUT2D eigenvalue weighted by Gasteiger charge is 2.23. The topological polar surface area (TPSA) is 57.5 Å². The van der Waals surface area contributed by atoms with Crippen molar-refractivity contribution in [3.63, 3.8) is 0 Å². The zero-order valence-electron chi connectivity index (χ0n) is 16.9. The molecule has 5 heteroatoms. The lowest BCUT2D eigenvalue weighted by Crippen LogP contribution is -2.28. The Labute approximate surface area is 164 Å². The Balaban J connectivity index is 1.87. The van der Waals surface area contributed by atoms with E-state index in [0.717, 1.165) is 0 Å². The van der Waals surface area contributed by atoms with Crippen molar-refractivity contribution >= 4 is 22.8 Å². The van der Waals surface area contributed by atoms with Gasteiger partial charge in [-0.2, -0.15) is 0 Å². The third-order valence-corrected chi connectivity index (χ3v) is 4.74. The molecule has 0 N–H and O–H groups in total. The smallest absolute Gasteiger partial charge is 0.340 e. The van der Waals surface area contributed by atoms with Crippen LogP contribution in [0.4, 0.5) is 0 Å². The molecule has 3 rings (SSSR count). The van der Waals surface area contributed by atoms with Gasteiger partial charge in [-0.25, -0.2) is 4.79 Å². The summed E-state index contributed by atoms with van der Waals surface area (Å²) in [5, 5.41) is 0.671. The fraction of sp³-hybridized carbons (Fsp3) is 0.304. The summed E-state index contributed by atoms with van der Waals surface area (Å²) in [6.45, 7) is 8.13. The maximum Gasteiger partial charge on any atom is 0.340 e. The number of fused-ring (bicyclic) bond motifs is 1. The Bertz CT molecular complexity index is 1010. The van der Waals surface area contributed by atoms with Crippen LogP contribution in [0.3, 0.4) is 0 Å². The number of carbonyl (C=O) groups excluding carboxylic acids is 2. The molecule has 0 saturated heterocycles. The molecule has 1 unspecified atom stereocenters. The molecule has 0 aliphatic rings. The Kier molecular flexibility index (Phi) is 5.27. The summed E-state index contributed by atoms with van der Waals surface area (Å²) in [5.41, 5.74) is 2.24. The first kappa shape index (κ1) is 19.7. The summed E-state index contributed by atoms with van der Waals surface area (Å²) < 4.78 is 12.1. The summed E-state index contributed by atoms with van der Waals surface area (Å²) in [6.07, 6.45) is 0.795. The van der Waals surface area contributed by atoms with Gasteiger partial charge in [0.25, 0.3) is 5.91 Å². The predicted molar refractivity (Wildman–Crippen MR) is 109 cm³/mol. The van der Waals surface area contributed by atoms with Gasteiger partial charge >= 0.3 is 5.97 Å². The molecule has 0 saturated carbocycles. The number of carbonyl (C=O) groups is 2. The largest absolute Gasteiger partial charge is 0.481 e. The summed E-state index contributed by atoms with van der Waals surface area (Å²) in [7, 11) is 1.32. The van der Waals surface area contributed by atoms with Crippen LogP contribution in [0.1, 0.15) is 48.4 Å². The number of hydrogen-bond donors (Lipinski definition) is 0. The Morgan fingerprint density at radius 3 is 2.25 bits per heavy atom. The van der Waals surface area contributed by atoms with Crippen LogP contribution in [0.25, 0.3) is 10.9 Å². The van der Waals surface area contributed by atoms with Gasteiger partial charge < -0.3 is 9.47 Å². The van der Waals surface area contributed by atoms with Gasteiger partial charge in [0.15, 0.2) is 6.10 Å². The average molecular weight is 379 g/mol. The number of ether oxygens (including phenoxy) is 2. The van der Waals surface area contributed by atoms with Gasteiger partial charge in [0.2, 0.25) is 0 Å². The van der Waals surface area contributed by atoms with Crippen molar-refractivity contribution in [2.24, 2.45) is 0 Å². The van der Waals surface area contributed by atoms with Crippen LogP contribution in [-0.4, -0.2) is 29.7 Å². The zero-order valence-corrected chi connectivity index (χ0v) is 16.9. The number of nitrogens with zero attached hydrogens (tertiary/aromatic N) is 1. The molecule has 1 aromatic heterocycles. The minimum absolute atomic E-state index is 0.0499. The SMILES string of the molecule is COC(=O)c1cn(C(=O)C(C)Oc2ccc(C(C)(C)C)cc2)c2ccccc12. The molecule has 0 aliphatic heterocycles. The van der Waals surface area contributed by atoms with Crippen LogP contribution in [0.5, 0.6) is 5.75 Å². The maximum atomic E-state index is 13.0. The summed E-state index contributed by atoms with van der Waals surface area (Å²) in [4.78, 5) is 25.1. The lowest BCUT2D eigenvalue weighted by Gasteiger charge is -2.20. The van der Waals surface area contributed by atoms with E-state index < -0.39 is 12.1 Å². The highest BCUT2D eigenvalue weighted by atomic mass is 16.5. The van der Waals surface area contributed by atoms with Crippen molar-refractivity contribution < 1.29 is 19.1 Å². The highest BCUT2D eigenvalue weighted by Crippen LogP contribution is 2.26. The molecule has 146 valence electrons. The molecular formula is C23H25NO4. The van der Waals surface area contributed by atoms with Crippen molar-refractivity contribution in [3.05, 3.63) is 65.9 Å². The molecule has 0 spiro atoms. The number of methoxy groups -OCH3 is 1. The molecular weight excluding hydrogens is 354 g/mol. The summed E-state index contributed by atoms with van der Waals surface area (Å²) in [5.74, 6) is -0.112. The van der Waals surface area contributed by atoms with Crippen LogP contribution >= 0.6 is 0 Å². The van der Waals surface area contributed by atoms with Crippen molar-refractivity contribution in [2.75, 3.05) is 7.11 Å².